The van der Waals surface area contributed by atoms with Crippen LogP contribution in [0.4, 0.5) is 25.2 Å². The summed E-state index contributed by atoms with van der Waals surface area (Å²) in [4.78, 5) is 0. The van der Waals surface area contributed by atoms with E-state index in [2.05, 4.69) is 49.0 Å². The van der Waals surface area contributed by atoms with Crippen molar-refractivity contribution in [3.63, 3.8) is 0 Å². The topological polar surface area (TPSA) is 3.88 Å². The number of hydrogen-bond acceptors (Lipinski definition) is 0. The first-order chi connectivity index (χ1) is 8.28. The van der Waals surface area contributed by atoms with Crippen molar-refractivity contribution < 1.29 is 29.7 Å². The van der Waals surface area contributed by atoms with Gasteiger partial charge in [-0.1, -0.05) is 26.3 Å². The van der Waals surface area contributed by atoms with Gasteiger partial charge in [0.25, 0.3) is 0 Å². The third kappa shape index (κ3) is 19.7. The molecular weight excluding hydrogens is 291 g/mol. The van der Waals surface area contributed by atoms with Crippen LogP contribution in [0.5, 0.6) is 0 Å². The first-order valence-electron chi connectivity index (χ1n) is 5.78. The molecule has 0 amide bonds. The Morgan fingerprint density at radius 2 is 1.37 bits per heavy atom. The summed E-state index contributed by atoms with van der Waals surface area (Å²) >= 11 is 0. The molecule has 0 aromatic carbocycles. The molecule has 0 aliphatic heterocycles. The van der Waals surface area contributed by atoms with E-state index in [1.54, 1.807) is 0 Å². The van der Waals surface area contributed by atoms with Crippen LogP contribution in [0.15, 0.2) is 30.6 Å². The number of aromatic nitrogens is 1. The van der Waals surface area contributed by atoms with Gasteiger partial charge in [0.2, 0.25) is 0 Å². The molecule has 8 heteroatoms. The van der Waals surface area contributed by atoms with Crippen molar-refractivity contribution in [3.05, 3.63) is 30.6 Å². The fourth-order valence-electron chi connectivity index (χ4n) is 1.16. The average Bonchev–Trinajstić information content (AvgIpc) is 2.23. The maximum atomic E-state index is 9.87. The first kappa shape index (κ1) is 18.2. The molecule has 1 heterocycles. The molecule has 1 nitrogen and oxygen atoms in total. The van der Waals surface area contributed by atoms with E-state index in [9.17, 15) is 25.2 Å². The molecule has 1 aromatic rings. The molecule has 0 saturated carbocycles. The minimum absolute atomic E-state index is 0.845. The molecule has 0 aliphatic rings. The molecule has 1 unspecified atom stereocenters. The third-order valence-electron chi connectivity index (χ3n) is 2.35. The molecule has 0 fully saturated rings. The predicted octanol–water partition coefficient (Wildman–Crippen LogP) is 5.79. The van der Waals surface area contributed by atoms with Gasteiger partial charge in [0.1, 0.15) is 6.54 Å². The van der Waals surface area contributed by atoms with Crippen LogP contribution in [0.3, 0.4) is 0 Å². The number of pyridine rings is 1. The van der Waals surface area contributed by atoms with Crippen LogP contribution >= 0.6 is 7.81 Å². The van der Waals surface area contributed by atoms with Gasteiger partial charge in [0.15, 0.2) is 12.4 Å². The molecule has 114 valence electrons. The Kier molecular flexibility index (Phi) is 5.40. The number of halogens is 6. The second-order valence-electron chi connectivity index (χ2n) is 4.37. The van der Waals surface area contributed by atoms with Gasteiger partial charge in [-0.05, 0) is 5.92 Å². The van der Waals surface area contributed by atoms with Crippen molar-refractivity contribution in [3.8, 4) is 0 Å². The second-order valence-corrected chi connectivity index (χ2v) is 6.29. The standard InChI is InChI=1S/C11H18N.F6P/c1-3-11(2)7-10-12-8-5-4-6-9-12;1-7(2,3,4,5)6/h4-6,8-9,11H,3,7,10H2,1-2H3;/q+1;-1. The fraction of sp³-hybridized carbons (Fsp3) is 0.545. The van der Waals surface area contributed by atoms with Crippen LogP contribution in [0.2, 0.25) is 0 Å². The van der Waals surface area contributed by atoms with E-state index in [-0.39, 0.29) is 0 Å². The van der Waals surface area contributed by atoms with Gasteiger partial charge in [0, 0.05) is 18.6 Å². The summed E-state index contributed by atoms with van der Waals surface area (Å²) in [5.74, 6) is 0.845. The van der Waals surface area contributed by atoms with Crippen molar-refractivity contribution in [1.82, 2.24) is 0 Å². The van der Waals surface area contributed by atoms with Crippen molar-refractivity contribution in [2.24, 2.45) is 5.92 Å². The Balaban J connectivity index is 0.000000399. The monoisotopic (exact) mass is 309 g/mol. The molecule has 0 bridgehead atoms. The van der Waals surface area contributed by atoms with E-state index < -0.39 is 7.81 Å². The molecule has 0 aliphatic carbocycles. The first-order valence-corrected chi connectivity index (χ1v) is 7.81. The number of rotatable bonds is 4. The molecule has 0 saturated heterocycles. The molecule has 0 radical (unpaired) electrons. The Morgan fingerprint density at radius 3 is 1.74 bits per heavy atom. The molecule has 0 N–H and O–H groups in total. The molecule has 0 spiro atoms. The van der Waals surface area contributed by atoms with Gasteiger partial charge in [-0.2, -0.15) is 0 Å². The van der Waals surface area contributed by atoms with Crippen LogP contribution in [-0.2, 0) is 6.54 Å². The number of hydrogen-bond donors (Lipinski definition) is 0. The maximum absolute atomic E-state index is 10.7. The molecular formula is C11H18F6NP. The molecule has 1 atom stereocenters. The Morgan fingerprint density at radius 1 is 0.947 bits per heavy atom. The Bertz CT molecular complexity index is 362. The fourth-order valence-corrected chi connectivity index (χ4v) is 1.16. The van der Waals surface area contributed by atoms with Gasteiger partial charge in [-0.15, -0.1) is 0 Å². The molecule has 1 aromatic heterocycles. The van der Waals surface area contributed by atoms with E-state index in [0.29, 0.717) is 0 Å². The van der Waals surface area contributed by atoms with Crippen LogP contribution in [0.25, 0.3) is 0 Å². The zero-order chi connectivity index (χ0) is 15.2. The number of aryl methyl sites for hydroxylation is 1. The van der Waals surface area contributed by atoms with Crippen molar-refractivity contribution in [2.45, 2.75) is 33.2 Å². The van der Waals surface area contributed by atoms with Gasteiger partial charge < -0.3 is 0 Å². The quantitative estimate of drug-likeness (QED) is 0.376. The third-order valence-corrected chi connectivity index (χ3v) is 2.35. The summed E-state index contributed by atoms with van der Waals surface area (Å²) in [5, 5.41) is 0. The SMILES string of the molecule is CCC(C)CC[n+]1ccccc1.F[P-](F)(F)(F)(F)F. The van der Waals surface area contributed by atoms with E-state index in [4.69, 9.17) is 0 Å². The normalized spacial score (nSPS) is 16.6. The zero-order valence-corrected chi connectivity index (χ0v) is 11.6. The van der Waals surface area contributed by atoms with E-state index in [0.717, 1.165) is 12.5 Å². The Hall–Kier alpha value is -0.840. The van der Waals surface area contributed by atoms with Crippen molar-refractivity contribution in [1.29, 1.82) is 0 Å². The van der Waals surface area contributed by atoms with Gasteiger partial charge in [-0.3, -0.25) is 0 Å². The summed E-state index contributed by atoms with van der Waals surface area (Å²) < 4.78 is 61.4. The molecule has 1 rings (SSSR count). The average molecular weight is 309 g/mol. The summed E-state index contributed by atoms with van der Waals surface area (Å²) in [7, 11) is -10.7. The summed E-state index contributed by atoms with van der Waals surface area (Å²) in [6, 6.07) is 6.22. The Labute approximate surface area is 108 Å². The summed E-state index contributed by atoms with van der Waals surface area (Å²) in [6.45, 7) is 5.71. The van der Waals surface area contributed by atoms with E-state index in [1.165, 1.54) is 12.8 Å². The second kappa shape index (κ2) is 5.65. The summed E-state index contributed by atoms with van der Waals surface area (Å²) in [6.07, 6.45) is 6.82. The van der Waals surface area contributed by atoms with Gasteiger partial charge in [-0.25, -0.2) is 4.57 Å². The minimum atomic E-state index is -10.7. The van der Waals surface area contributed by atoms with E-state index >= 15 is 0 Å². The zero-order valence-electron chi connectivity index (χ0n) is 10.7. The van der Waals surface area contributed by atoms with Crippen molar-refractivity contribution in [2.75, 3.05) is 0 Å². The van der Waals surface area contributed by atoms with Crippen LogP contribution in [0.1, 0.15) is 26.7 Å². The molecule has 19 heavy (non-hydrogen) atoms. The van der Waals surface area contributed by atoms with Gasteiger partial charge in [0.05, 0.1) is 0 Å². The van der Waals surface area contributed by atoms with Gasteiger partial charge >= 0.3 is 33.0 Å². The number of nitrogens with zero attached hydrogens (tertiary/aromatic N) is 1. The van der Waals surface area contributed by atoms with Crippen molar-refractivity contribution >= 4 is 7.81 Å². The van der Waals surface area contributed by atoms with E-state index in [1.807, 2.05) is 0 Å². The predicted molar refractivity (Wildman–Crippen MR) is 64.3 cm³/mol. The van der Waals surface area contributed by atoms with Crippen LogP contribution in [0, 0.1) is 5.92 Å². The van der Waals surface area contributed by atoms with Crippen LogP contribution < -0.4 is 4.57 Å². The van der Waals surface area contributed by atoms with Crippen LogP contribution in [-0.4, -0.2) is 0 Å². The summed E-state index contributed by atoms with van der Waals surface area (Å²) in [5.41, 5.74) is 0.